The summed E-state index contributed by atoms with van der Waals surface area (Å²) in [5.41, 5.74) is 7.15. The van der Waals surface area contributed by atoms with Gasteiger partial charge in [-0.3, -0.25) is 0 Å². The van der Waals surface area contributed by atoms with Crippen molar-refractivity contribution < 1.29 is 20.8 Å². The molecule has 0 nitrogen and oxygen atoms in total. The summed E-state index contributed by atoms with van der Waals surface area (Å²) in [5.74, 6) is 0.597. The fourth-order valence-corrected chi connectivity index (χ4v) is 4.29. The van der Waals surface area contributed by atoms with Crippen molar-refractivity contribution >= 4 is 44.6 Å². The number of halogens is 2. The van der Waals surface area contributed by atoms with Crippen LogP contribution in [0.15, 0.2) is 78.4 Å². The number of fused-ring (bicyclic) bond motifs is 3. The topological polar surface area (TPSA) is 0 Å². The van der Waals surface area contributed by atoms with E-state index in [1.54, 1.807) is 0 Å². The molecule has 0 atom stereocenters. The van der Waals surface area contributed by atoms with E-state index in [0.717, 1.165) is 6.42 Å². The van der Waals surface area contributed by atoms with Gasteiger partial charge in [0.25, 0.3) is 0 Å². The van der Waals surface area contributed by atoms with Gasteiger partial charge in [0.05, 0.1) is 0 Å². The van der Waals surface area contributed by atoms with Crippen LogP contribution in [-0.4, -0.2) is 0 Å². The summed E-state index contributed by atoms with van der Waals surface area (Å²) >= 11 is -0.826. The summed E-state index contributed by atoms with van der Waals surface area (Å²) in [6.07, 6.45) is 3.52. The van der Waals surface area contributed by atoms with Gasteiger partial charge in [0.15, 0.2) is 0 Å². The molecule has 5 rings (SSSR count). The van der Waals surface area contributed by atoms with Crippen molar-refractivity contribution in [2.24, 2.45) is 5.92 Å². The molecule has 3 heteroatoms. The number of hydrogen-bond acceptors (Lipinski definition) is 0. The monoisotopic (exact) mass is 494 g/mol. The Morgan fingerprint density at radius 3 is 1.97 bits per heavy atom. The van der Waals surface area contributed by atoms with Crippen molar-refractivity contribution in [3.63, 3.8) is 0 Å². The van der Waals surface area contributed by atoms with Crippen LogP contribution < -0.4 is 0 Å². The zero-order valence-corrected chi connectivity index (χ0v) is 20.5. The van der Waals surface area contributed by atoms with E-state index >= 15 is 0 Å². The molecule has 1 aliphatic rings. The van der Waals surface area contributed by atoms with Gasteiger partial charge in [0, 0.05) is 0 Å². The van der Waals surface area contributed by atoms with Crippen LogP contribution in [0.3, 0.4) is 0 Å². The average molecular weight is 497 g/mol. The van der Waals surface area contributed by atoms with E-state index in [-0.39, 0.29) is 0 Å². The Balaban J connectivity index is 0.000000645. The molecular formula is C26H22Cl2Zr. The Labute approximate surface area is 191 Å². The molecule has 0 bridgehead atoms. The molecule has 4 aromatic carbocycles. The second kappa shape index (κ2) is 9.17. The Kier molecular flexibility index (Phi) is 6.60. The van der Waals surface area contributed by atoms with Gasteiger partial charge in [-0.2, -0.15) is 0 Å². The van der Waals surface area contributed by atoms with Gasteiger partial charge in [0.2, 0.25) is 0 Å². The van der Waals surface area contributed by atoms with Gasteiger partial charge >= 0.3 is 37.9 Å². The first-order valence-corrected chi connectivity index (χ1v) is 16.2. The first-order valence-electron chi connectivity index (χ1n) is 9.83. The molecule has 0 unspecified atom stereocenters. The number of hydrogen-bond donors (Lipinski definition) is 0. The third-order valence-corrected chi connectivity index (χ3v) is 5.70. The van der Waals surface area contributed by atoms with Crippen LogP contribution in [0.25, 0.3) is 38.7 Å². The van der Waals surface area contributed by atoms with Crippen molar-refractivity contribution in [1.29, 1.82) is 0 Å². The number of benzene rings is 4. The molecule has 0 saturated heterocycles. The fraction of sp³-hybridized carbons (Fsp3) is 0.154. The third-order valence-electron chi connectivity index (χ3n) is 5.70. The van der Waals surface area contributed by atoms with Gasteiger partial charge in [-0.25, -0.2) is 0 Å². The molecule has 0 aromatic heterocycles. The van der Waals surface area contributed by atoms with E-state index in [9.17, 15) is 0 Å². The molecule has 0 amide bonds. The minimum atomic E-state index is -0.826. The summed E-state index contributed by atoms with van der Waals surface area (Å²) in [6, 6.07) is 26.7. The van der Waals surface area contributed by atoms with Gasteiger partial charge in [-0.05, 0) is 62.2 Å². The van der Waals surface area contributed by atoms with Crippen LogP contribution in [0.5, 0.6) is 0 Å². The van der Waals surface area contributed by atoms with Gasteiger partial charge in [-0.1, -0.05) is 92.2 Å². The Hall–Kier alpha value is -1.40. The van der Waals surface area contributed by atoms with E-state index in [4.69, 9.17) is 17.0 Å². The zero-order valence-electron chi connectivity index (χ0n) is 16.5. The van der Waals surface area contributed by atoms with E-state index in [1.807, 2.05) is 0 Å². The van der Waals surface area contributed by atoms with Gasteiger partial charge in [0.1, 0.15) is 0 Å². The SMILES string of the molecule is CC(C)C1=Cc2c(cccc2-c2c3ccccc3cc3ccccc23)C1.[Cl][Zr][Cl]. The van der Waals surface area contributed by atoms with E-state index in [1.165, 1.54) is 49.4 Å². The molecule has 0 saturated carbocycles. The van der Waals surface area contributed by atoms with Crippen LogP contribution in [0, 0.1) is 5.92 Å². The van der Waals surface area contributed by atoms with Crippen LogP contribution >= 0.6 is 17.0 Å². The Bertz CT molecular complexity index is 1150. The molecule has 0 aliphatic heterocycles. The van der Waals surface area contributed by atoms with Crippen molar-refractivity contribution in [2.45, 2.75) is 20.3 Å². The molecule has 4 aromatic rings. The molecule has 0 spiro atoms. The maximum atomic E-state index is 4.93. The van der Waals surface area contributed by atoms with Crippen LogP contribution in [0.1, 0.15) is 25.0 Å². The van der Waals surface area contributed by atoms with Crippen molar-refractivity contribution in [3.8, 4) is 11.1 Å². The predicted molar refractivity (Wildman–Crippen MR) is 125 cm³/mol. The Morgan fingerprint density at radius 2 is 1.38 bits per heavy atom. The van der Waals surface area contributed by atoms with Crippen molar-refractivity contribution in [1.82, 2.24) is 0 Å². The summed E-state index contributed by atoms with van der Waals surface area (Å²) in [4.78, 5) is 0. The summed E-state index contributed by atoms with van der Waals surface area (Å²) in [5, 5.41) is 5.30. The second-order valence-electron chi connectivity index (χ2n) is 7.69. The minimum absolute atomic E-state index is 0.597. The summed E-state index contributed by atoms with van der Waals surface area (Å²) in [6.45, 7) is 4.59. The first-order chi connectivity index (χ1) is 14.1. The quantitative estimate of drug-likeness (QED) is 0.244. The molecule has 1 aliphatic carbocycles. The van der Waals surface area contributed by atoms with Gasteiger partial charge in [-0.15, -0.1) is 0 Å². The van der Waals surface area contributed by atoms with Crippen molar-refractivity contribution in [3.05, 3.63) is 89.5 Å². The molecule has 29 heavy (non-hydrogen) atoms. The molecule has 0 fully saturated rings. The standard InChI is InChI=1S/C26H22.2ClH.Zr/c1-17(2)21-15-20-10-7-13-24(25(20)16-21)26-22-11-5-3-8-18(22)14-19-9-4-6-12-23(19)26;;;/h3-14,16-17H,15H2,1-2H3;2*1H;/q;;;+2/p-2. The van der Waals surface area contributed by atoms with Crippen LogP contribution in [0.2, 0.25) is 0 Å². The van der Waals surface area contributed by atoms with Gasteiger partial charge < -0.3 is 0 Å². The van der Waals surface area contributed by atoms with E-state index in [0.29, 0.717) is 5.92 Å². The molecule has 0 radical (unpaired) electrons. The zero-order chi connectivity index (χ0) is 20.4. The maximum absolute atomic E-state index is 4.93. The molecule has 0 heterocycles. The average Bonchev–Trinajstić information content (AvgIpc) is 3.18. The first kappa shape index (κ1) is 20.9. The summed E-state index contributed by atoms with van der Waals surface area (Å²) in [7, 11) is 9.87. The number of allylic oxidation sites excluding steroid dienone is 1. The van der Waals surface area contributed by atoms with Crippen molar-refractivity contribution in [2.75, 3.05) is 0 Å². The Morgan fingerprint density at radius 1 is 0.793 bits per heavy atom. The van der Waals surface area contributed by atoms with Crippen LogP contribution in [-0.2, 0) is 27.3 Å². The summed E-state index contributed by atoms with van der Waals surface area (Å²) < 4.78 is 0. The van der Waals surface area contributed by atoms with E-state index in [2.05, 4.69) is 92.7 Å². The normalized spacial score (nSPS) is 12.5. The van der Waals surface area contributed by atoms with E-state index < -0.39 is 20.8 Å². The van der Waals surface area contributed by atoms with Crippen LogP contribution in [0.4, 0.5) is 0 Å². The second-order valence-corrected chi connectivity index (χ2v) is 11.4. The number of rotatable bonds is 2. The third kappa shape index (κ3) is 4.11. The predicted octanol–water partition coefficient (Wildman–Crippen LogP) is 8.63. The molecule has 144 valence electrons. The molecular weight excluding hydrogens is 474 g/mol. The fourth-order valence-electron chi connectivity index (χ4n) is 4.29. The molecule has 0 N–H and O–H groups in total.